The molecule has 0 aliphatic rings. The largest absolute Gasteiger partial charge is 0.507 e. The molecule has 8 aromatic rings. The van der Waals surface area contributed by atoms with E-state index in [0.717, 1.165) is 83.7 Å². The molecule has 0 saturated carbocycles. The summed E-state index contributed by atoms with van der Waals surface area (Å²) in [4.78, 5) is 0. The molecule has 0 unspecified atom stereocenters. The molecule has 3 heteroatoms. The van der Waals surface area contributed by atoms with Crippen molar-refractivity contribution in [3.63, 3.8) is 0 Å². The van der Waals surface area contributed by atoms with Crippen molar-refractivity contribution in [2.75, 3.05) is 0 Å². The third-order valence-electron chi connectivity index (χ3n) is 8.17. The van der Waals surface area contributed by atoms with E-state index in [-0.39, 0.29) is 5.75 Å². The molecular formula is C38H26O3. The standard InChI is InChI=1S/C38H26O3/c1-2-23-11-8-13-31-33-20-27(25-15-17-28(34(39)21-25)24-9-4-3-5-10-24)19-32(38(33)41-37(23)31)26-16-18-30-29-12-6-7-14-35(29)40-36(30)22-26/h3-22,39H,2H2,1H3. The molecule has 2 aromatic heterocycles. The number of rotatable bonds is 4. The number of furan rings is 2. The Labute approximate surface area is 236 Å². The molecule has 0 radical (unpaired) electrons. The van der Waals surface area contributed by atoms with Crippen LogP contribution < -0.4 is 0 Å². The maximum absolute atomic E-state index is 11.1. The van der Waals surface area contributed by atoms with E-state index >= 15 is 0 Å². The van der Waals surface area contributed by atoms with Crippen molar-refractivity contribution in [2.45, 2.75) is 13.3 Å². The Hall–Kier alpha value is -5.28. The van der Waals surface area contributed by atoms with Crippen molar-refractivity contribution in [3.05, 3.63) is 127 Å². The Bertz CT molecular complexity index is 2250. The van der Waals surface area contributed by atoms with Gasteiger partial charge in [-0.3, -0.25) is 0 Å². The number of aromatic hydroxyl groups is 1. The summed E-state index contributed by atoms with van der Waals surface area (Å²) in [5, 5.41) is 15.4. The molecule has 0 saturated heterocycles. The highest BCUT2D eigenvalue weighted by atomic mass is 16.3. The molecule has 0 atom stereocenters. The van der Waals surface area contributed by atoms with E-state index in [1.165, 1.54) is 5.56 Å². The monoisotopic (exact) mass is 530 g/mol. The molecule has 41 heavy (non-hydrogen) atoms. The molecule has 6 aromatic carbocycles. The molecule has 1 N–H and O–H groups in total. The second kappa shape index (κ2) is 9.14. The minimum Gasteiger partial charge on any atom is -0.507 e. The molecule has 0 spiro atoms. The zero-order chi connectivity index (χ0) is 27.5. The predicted molar refractivity (Wildman–Crippen MR) is 168 cm³/mol. The Morgan fingerprint density at radius 1 is 0.488 bits per heavy atom. The number of hydrogen-bond donors (Lipinski definition) is 1. The lowest BCUT2D eigenvalue weighted by molar-refractivity contribution is 0.477. The molecule has 0 aliphatic carbocycles. The van der Waals surface area contributed by atoms with Gasteiger partial charge in [-0.1, -0.05) is 91.9 Å². The predicted octanol–water partition coefficient (Wildman–Crippen LogP) is 10.8. The SMILES string of the molecule is CCc1cccc2c1oc1c(-c3ccc4c(c3)oc3ccccc34)cc(-c3ccc(-c4ccccc4)c(O)c3)cc12. The molecule has 8 rings (SSSR count). The van der Waals surface area contributed by atoms with Gasteiger partial charge in [0.2, 0.25) is 0 Å². The highest BCUT2D eigenvalue weighted by molar-refractivity contribution is 6.13. The first kappa shape index (κ1) is 23.6. The van der Waals surface area contributed by atoms with Crippen molar-refractivity contribution in [3.8, 4) is 39.1 Å². The summed E-state index contributed by atoms with van der Waals surface area (Å²) < 4.78 is 12.9. The normalized spacial score (nSPS) is 11.7. The lowest BCUT2D eigenvalue weighted by Crippen LogP contribution is -1.85. The Morgan fingerprint density at radius 3 is 2.12 bits per heavy atom. The molecule has 196 valence electrons. The molecular weight excluding hydrogens is 504 g/mol. The third-order valence-corrected chi connectivity index (χ3v) is 8.17. The van der Waals surface area contributed by atoms with E-state index in [4.69, 9.17) is 8.83 Å². The fourth-order valence-electron chi connectivity index (χ4n) is 6.08. The maximum Gasteiger partial charge on any atom is 0.143 e. The van der Waals surface area contributed by atoms with Crippen molar-refractivity contribution >= 4 is 43.9 Å². The first-order chi connectivity index (χ1) is 20.2. The number of phenols is 1. The summed E-state index contributed by atoms with van der Waals surface area (Å²) in [5.41, 5.74) is 10.4. The van der Waals surface area contributed by atoms with Crippen LogP contribution in [0.1, 0.15) is 12.5 Å². The highest BCUT2D eigenvalue weighted by Gasteiger charge is 2.18. The van der Waals surface area contributed by atoms with Gasteiger partial charge in [0.05, 0.1) is 0 Å². The molecule has 0 bridgehead atoms. The van der Waals surface area contributed by atoms with Crippen molar-refractivity contribution in [1.82, 2.24) is 0 Å². The van der Waals surface area contributed by atoms with Crippen LogP contribution in [-0.4, -0.2) is 5.11 Å². The number of para-hydroxylation sites is 2. The van der Waals surface area contributed by atoms with E-state index in [2.05, 4.69) is 67.6 Å². The van der Waals surface area contributed by atoms with Crippen LogP contribution in [0.3, 0.4) is 0 Å². The van der Waals surface area contributed by atoms with E-state index in [9.17, 15) is 5.11 Å². The summed E-state index contributed by atoms with van der Waals surface area (Å²) in [7, 11) is 0. The van der Waals surface area contributed by atoms with Gasteiger partial charge in [0, 0.05) is 32.7 Å². The van der Waals surface area contributed by atoms with Crippen molar-refractivity contribution in [1.29, 1.82) is 0 Å². The zero-order valence-electron chi connectivity index (χ0n) is 22.5. The van der Waals surface area contributed by atoms with Gasteiger partial charge in [0.25, 0.3) is 0 Å². The lowest BCUT2D eigenvalue weighted by Gasteiger charge is -2.11. The van der Waals surface area contributed by atoms with Gasteiger partial charge in [-0.15, -0.1) is 0 Å². The van der Waals surface area contributed by atoms with Gasteiger partial charge in [0.1, 0.15) is 28.1 Å². The Morgan fingerprint density at radius 2 is 1.27 bits per heavy atom. The van der Waals surface area contributed by atoms with Crippen LogP contribution in [0.4, 0.5) is 0 Å². The maximum atomic E-state index is 11.1. The lowest BCUT2D eigenvalue weighted by atomic mass is 9.93. The fourth-order valence-corrected chi connectivity index (χ4v) is 6.08. The topological polar surface area (TPSA) is 46.5 Å². The van der Waals surface area contributed by atoms with Crippen LogP contribution in [0.15, 0.2) is 130 Å². The average Bonchev–Trinajstić information content (AvgIpc) is 3.59. The van der Waals surface area contributed by atoms with Crippen LogP contribution in [0.5, 0.6) is 5.75 Å². The summed E-state index contributed by atoms with van der Waals surface area (Å²) in [6.07, 6.45) is 0.888. The average molecular weight is 531 g/mol. The minimum atomic E-state index is 0.254. The molecule has 0 aliphatic heterocycles. The minimum absolute atomic E-state index is 0.254. The first-order valence-corrected chi connectivity index (χ1v) is 14.0. The number of benzene rings is 6. The molecule has 0 fully saturated rings. The summed E-state index contributed by atoms with van der Waals surface area (Å²) in [5.74, 6) is 0.254. The second-order valence-electron chi connectivity index (χ2n) is 10.6. The quantitative estimate of drug-likeness (QED) is 0.246. The van der Waals surface area contributed by atoms with E-state index < -0.39 is 0 Å². The van der Waals surface area contributed by atoms with Crippen LogP contribution in [0, 0.1) is 0 Å². The van der Waals surface area contributed by atoms with Crippen LogP contribution >= 0.6 is 0 Å². The summed E-state index contributed by atoms with van der Waals surface area (Å²) >= 11 is 0. The Balaban J connectivity index is 1.38. The van der Waals surface area contributed by atoms with Gasteiger partial charge in [0.15, 0.2) is 0 Å². The van der Waals surface area contributed by atoms with Crippen LogP contribution in [0.25, 0.3) is 77.3 Å². The number of fused-ring (bicyclic) bond motifs is 6. The van der Waals surface area contributed by atoms with Gasteiger partial charge < -0.3 is 13.9 Å². The molecule has 2 heterocycles. The van der Waals surface area contributed by atoms with Gasteiger partial charge in [-0.2, -0.15) is 0 Å². The second-order valence-corrected chi connectivity index (χ2v) is 10.6. The zero-order valence-corrected chi connectivity index (χ0v) is 22.5. The fraction of sp³-hybridized carbons (Fsp3) is 0.0526. The van der Waals surface area contributed by atoms with E-state index in [1.807, 2.05) is 60.7 Å². The Kier molecular flexibility index (Phi) is 5.26. The van der Waals surface area contributed by atoms with Crippen LogP contribution in [0.2, 0.25) is 0 Å². The first-order valence-electron chi connectivity index (χ1n) is 14.0. The van der Waals surface area contributed by atoms with Gasteiger partial charge >= 0.3 is 0 Å². The smallest absolute Gasteiger partial charge is 0.143 e. The van der Waals surface area contributed by atoms with Crippen LogP contribution in [-0.2, 0) is 6.42 Å². The number of aryl methyl sites for hydroxylation is 1. The highest BCUT2D eigenvalue weighted by Crippen LogP contribution is 2.43. The van der Waals surface area contributed by atoms with E-state index in [1.54, 1.807) is 0 Å². The van der Waals surface area contributed by atoms with Crippen molar-refractivity contribution in [2.24, 2.45) is 0 Å². The third kappa shape index (κ3) is 3.74. The molecule has 3 nitrogen and oxygen atoms in total. The summed E-state index contributed by atoms with van der Waals surface area (Å²) in [6.45, 7) is 2.15. The molecule has 0 amide bonds. The van der Waals surface area contributed by atoms with Gasteiger partial charge in [-0.05, 0) is 70.6 Å². The van der Waals surface area contributed by atoms with Crippen molar-refractivity contribution < 1.29 is 13.9 Å². The van der Waals surface area contributed by atoms with E-state index in [0.29, 0.717) is 0 Å². The number of phenolic OH excluding ortho intramolecular Hbond substituents is 1. The number of hydrogen-bond acceptors (Lipinski definition) is 3. The van der Waals surface area contributed by atoms with Gasteiger partial charge in [-0.25, -0.2) is 0 Å². The summed E-state index contributed by atoms with van der Waals surface area (Å²) in [6, 6.07) is 41.1.